The van der Waals surface area contributed by atoms with Gasteiger partial charge in [-0.3, -0.25) is 4.90 Å². The number of nitrogens with zero attached hydrogens (tertiary/aromatic N) is 1. The van der Waals surface area contributed by atoms with Crippen LogP contribution in [0.3, 0.4) is 0 Å². The summed E-state index contributed by atoms with van der Waals surface area (Å²) in [5.74, 6) is 1.98. The highest BCUT2D eigenvalue weighted by atomic mass is 16.7. The summed E-state index contributed by atoms with van der Waals surface area (Å²) in [6.45, 7) is 1.39. The van der Waals surface area contributed by atoms with E-state index in [0.717, 1.165) is 29.7 Å². The molecular weight excluding hydrogens is 374 g/mol. The Bertz CT molecular complexity index is 836. The SMILES string of the molecule is COc1cc2c(cc1O)CCN(Cc1cccc(OC)c1OC)C2C(OC)OC. The highest BCUT2D eigenvalue weighted by Crippen LogP contribution is 2.41. The maximum absolute atomic E-state index is 10.2. The maximum Gasteiger partial charge on any atom is 0.176 e. The average Bonchev–Trinajstić information content (AvgIpc) is 2.75. The number of rotatable bonds is 8. The minimum atomic E-state index is -0.486. The number of para-hydroxylation sites is 1. The van der Waals surface area contributed by atoms with Crippen LogP contribution < -0.4 is 14.2 Å². The van der Waals surface area contributed by atoms with Crippen molar-refractivity contribution in [2.24, 2.45) is 0 Å². The molecule has 7 nitrogen and oxygen atoms in total. The van der Waals surface area contributed by atoms with Gasteiger partial charge < -0.3 is 28.8 Å². The van der Waals surface area contributed by atoms with Gasteiger partial charge in [-0.05, 0) is 35.7 Å². The smallest absolute Gasteiger partial charge is 0.176 e. The van der Waals surface area contributed by atoms with Crippen LogP contribution >= 0.6 is 0 Å². The average molecular weight is 403 g/mol. The van der Waals surface area contributed by atoms with Crippen molar-refractivity contribution in [3.63, 3.8) is 0 Å². The van der Waals surface area contributed by atoms with E-state index in [2.05, 4.69) is 4.90 Å². The Morgan fingerprint density at radius 1 is 1.00 bits per heavy atom. The lowest BCUT2D eigenvalue weighted by atomic mass is 9.90. The molecule has 7 heteroatoms. The zero-order valence-electron chi connectivity index (χ0n) is 17.6. The Kier molecular flexibility index (Phi) is 6.84. The summed E-state index contributed by atoms with van der Waals surface area (Å²) in [5, 5.41) is 10.2. The molecule has 0 saturated carbocycles. The van der Waals surface area contributed by atoms with E-state index in [1.54, 1.807) is 41.6 Å². The molecule has 3 rings (SSSR count). The largest absolute Gasteiger partial charge is 0.504 e. The van der Waals surface area contributed by atoms with Crippen LogP contribution in [0.15, 0.2) is 30.3 Å². The summed E-state index contributed by atoms with van der Waals surface area (Å²) in [6, 6.07) is 9.32. The number of phenolic OH excluding ortho intramolecular Hbond substituents is 1. The van der Waals surface area contributed by atoms with Gasteiger partial charge in [0.1, 0.15) is 0 Å². The molecule has 1 N–H and O–H groups in total. The van der Waals surface area contributed by atoms with Crippen molar-refractivity contribution in [1.82, 2.24) is 4.90 Å². The van der Waals surface area contributed by atoms with E-state index in [1.165, 1.54) is 0 Å². The third-order valence-electron chi connectivity index (χ3n) is 5.40. The predicted molar refractivity (Wildman–Crippen MR) is 109 cm³/mol. The lowest BCUT2D eigenvalue weighted by Gasteiger charge is -2.40. The van der Waals surface area contributed by atoms with Gasteiger partial charge in [-0.25, -0.2) is 0 Å². The lowest BCUT2D eigenvalue weighted by molar-refractivity contribution is -0.152. The molecule has 1 aliphatic rings. The van der Waals surface area contributed by atoms with Crippen LogP contribution in [0, 0.1) is 0 Å². The molecule has 1 aliphatic heterocycles. The van der Waals surface area contributed by atoms with Crippen LogP contribution in [0.1, 0.15) is 22.7 Å². The van der Waals surface area contributed by atoms with Crippen molar-refractivity contribution in [2.75, 3.05) is 42.1 Å². The van der Waals surface area contributed by atoms with Crippen molar-refractivity contribution in [2.45, 2.75) is 25.3 Å². The second-order valence-electron chi connectivity index (χ2n) is 6.88. The van der Waals surface area contributed by atoms with Crippen LogP contribution in [-0.2, 0) is 22.4 Å². The quantitative estimate of drug-likeness (QED) is 0.679. The fourth-order valence-corrected chi connectivity index (χ4v) is 4.03. The van der Waals surface area contributed by atoms with Gasteiger partial charge in [0.25, 0.3) is 0 Å². The number of hydrogen-bond donors (Lipinski definition) is 1. The number of aromatic hydroxyl groups is 1. The van der Waals surface area contributed by atoms with Crippen LogP contribution in [0.2, 0.25) is 0 Å². The lowest BCUT2D eigenvalue weighted by Crippen LogP contribution is -2.42. The predicted octanol–water partition coefficient (Wildman–Crippen LogP) is 3.14. The van der Waals surface area contributed by atoms with Gasteiger partial charge in [-0.2, -0.15) is 0 Å². The number of phenols is 1. The van der Waals surface area contributed by atoms with E-state index in [4.69, 9.17) is 23.7 Å². The number of hydrogen-bond acceptors (Lipinski definition) is 7. The Morgan fingerprint density at radius 3 is 2.34 bits per heavy atom. The van der Waals surface area contributed by atoms with Crippen LogP contribution in [0.5, 0.6) is 23.0 Å². The summed E-state index contributed by atoms with van der Waals surface area (Å²) in [7, 11) is 8.08. The van der Waals surface area contributed by atoms with Crippen molar-refractivity contribution in [3.8, 4) is 23.0 Å². The summed E-state index contributed by atoms with van der Waals surface area (Å²) in [5.41, 5.74) is 3.08. The monoisotopic (exact) mass is 403 g/mol. The normalized spacial score (nSPS) is 16.6. The number of methoxy groups -OCH3 is 5. The molecule has 0 bridgehead atoms. The van der Waals surface area contributed by atoms with E-state index >= 15 is 0 Å². The van der Waals surface area contributed by atoms with Gasteiger partial charge in [0.15, 0.2) is 29.3 Å². The number of fused-ring (bicyclic) bond motifs is 1. The third-order valence-corrected chi connectivity index (χ3v) is 5.40. The fourth-order valence-electron chi connectivity index (χ4n) is 4.03. The Hall–Kier alpha value is -2.48. The third kappa shape index (κ3) is 4.12. The minimum Gasteiger partial charge on any atom is -0.504 e. The first-order valence-electron chi connectivity index (χ1n) is 9.47. The summed E-state index contributed by atoms with van der Waals surface area (Å²) < 4.78 is 27.7. The minimum absolute atomic E-state index is 0.138. The van der Waals surface area contributed by atoms with Crippen molar-refractivity contribution < 1.29 is 28.8 Å². The van der Waals surface area contributed by atoms with Gasteiger partial charge in [0.2, 0.25) is 0 Å². The van der Waals surface area contributed by atoms with E-state index in [9.17, 15) is 5.11 Å². The van der Waals surface area contributed by atoms with Crippen LogP contribution in [-0.4, -0.2) is 58.4 Å². The summed E-state index contributed by atoms with van der Waals surface area (Å²) in [4.78, 5) is 2.29. The first-order valence-corrected chi connectivity index (χ1v) is 9.47. The van der Waals surface area contributed by atoms with Gasteiger partial charge >= 0.3 is 0 Å². The van der Waals surface area contributed by atoms with Gasteiger partial charge in [0, 0.05) is 32.9 Å². The van der Waals surface area contributed by atoms with E-state index in [0.29, 0.717) is 23.8 Å². The van der Waals surface area contributed by atoms with Gasteiger partial charge in [-0.15, -0.1) is 0 Å². The zero-order chi connectivity index (χ0) is 21.0. The molecule has 0 spiro atoms. The Labute approximate surface area is 171 Å². The zero-order valence-corrected chi connectivity index (χ0v) is 17.6. The molecule has 2 aromatic carbocycles. The van der Waals surface area contributed by atoms with Crippen molar-refractivity contribution >= 4 is 0 Å². The molecular formula is C22H29NO6. The molecule has 0 saturated heterocycles. The Morgan fingerprint density at radius 2 is 1.72 bits per heavy atom. The first-order chi connectivity index (χ1) is 14.1. The fraction of sp³-hybridized carbons (Fsp3) is 0.455. The number of ether oxygens (including phenoxy) is 5. The molecule has 0 amide bonds. The highest BCUT2D eigenvalue weighted by Gasteiger charge is 2.35. The molecule has 1 atom stereocenters. The van der Waals surface area contributed by atoms with Crippen molar-refractivity contribution in [1.29, 1.82) is 0 Å². The van der Waals surface area contributed by atoms with Gasteiger partial charge in [0.05, 0.1) is 27.4 Å². The molecule has 158 valence electrons. The maximum atomic E-state index is 10.2. The molecule has 0 aliphatic carbocycles. The standard InChI is InChI=1S/C22H29NO6/c1-25-18-8-6-7-15(21(18)27-3)13-23-10-9-14-11-17(24)19(26-2)12-16(14)20(23)22(28-4)29-5/h6-8,11-12,20,22,24H,9-10,13H2,1-5H3. The molecule has 2 aromatic rings. The molecule has 0 fully saturated rings. The topological polar surface area (TPSA) is 69.6 Å². The molecule has 1 unspecified atom stereocenters. The highest BCUT2D eigenvalue weighted by molar-refractivity contribution is 5.50. The van der Waals surface area contributed by atoms with E-state index in [1.807, 2.05) is 24.3 Å². The summed E-state index contributed by atoms with van der Waals surface area (Å²) >= 11 is 0. The second-order valence-corrected chi connectivity index (χ2v) is 6.88. The van der Waals surface area contributed by atoms with Crippen LogP contribution in [0.25, 0.3) is 0 Å². The molecule has 0 aromatic heterocycles. The van der Waals surface area contributed by atoms with Gasteiger partial charge in [-0.1, -0.05) is 12.1 Å². The van der Waals surface area contributed by atoms with E-state index < -0.39 is 6.29 Å². The summed E-state index contributed by atoms with van der Waals surface area (Å²) in [6.07, 6.45) is 0.301. The Balaban J connectivity index is 2.03. The second kappa shape index (κ2) is 9.35. The molecule has 29 heavy (non-hydrogen) atoms. The van der Waals surface area contributed by atoms with Crippen molar-refractivity contribution in [3.05, 3.63) is 47.0 Å². The first kappa shape index (κ1) is 21.2. The molecule has 0 radical (unpaired) electrons. The molecule has 1 heterocycles. The van der Waals surface area contributed by atoms with Crippen LogP contribution in [0.4, 0.5) is 0 Å². The number of benzene rings is 2. The van der Waals surface area contributed by atoms with E-state index in [-0.39, 0.29) is 11.8 Å².